The Kier molecular flexibility index (Phi) is 26.2. The summed E-state index contributed by atoms with van der Waals surface area (Å²) in [6.07, 6.45) is 3.27. The summed E-state index contributed by atoms with van der Waals surface area (Å²) in [6, 6.07) is 0. The standard InChI is InChI=1S/C4H7O.C2H4O2.Ag/c1-2-3-4-5;1-2(3)4;/h2-3H2,1H3;1H3,(H,3,4);/q-1;;+1. The minimum atomic E-state index is -0.833. The molecule has 0 fully saturated rings. The van der Waals surface area contributed by atoms with E-state index in [9.17, 15) is 4.79 Å². The fourth-order valence-corrected chi connectivity index (χ4v) is 0.102. The fourth-order valence-electron chi connectivity index (χ4n) is 0.102. The second-order valence-electron chi connectivity index (χ2n) is 1.41. The molecule has 0 aliphatic heterocycles. The zero-order valence-corrected chi connectivity index (χ0v) is 7.46. The van der Waals surface area contributed by atoms with Crippen LogP contribution in [0.15, 0.2) is 0 Å². The van der Waals surface area contributed by atoms with Crippen LogP contribution in [0.4, 0.5) is 0 Å². The molecule has 0 radical (unpaired) electrons. The van der Waals surface area contributed by atoms with Crippen LogP contribution in [-0.2, 0) is 32.0 Å². The molecule has 0 aromatic rings. The first-order chi connectivity index (χ1) is 4.15. The molecule has 1 N–H and O–H groups in total. The minimum Gasteiger partial charge on any atom is -0.542 e. The number of aliphatic carboxylic acids is 1. The molecule has 0 spiro atoms. The van der Waals surface area contributed by atoms with E-state index in [1.807, 2.05) is 6.92 Å². The number of carbonyl (C=O) groups is 1. The number of unbranched alkanes of at least 4 members (excludes halogenated alkanes) is 1. The quantitative estimate of drug-likeness (QED) is 0.577. The Bertz CT molecular complexity index is 79.1. The molecule has 0 saturated heterocycles. The summed E-state index contributed by atoms with van der Waals surface area (Å²) in [7, 11) is 0. The van der Waals surface area contributed by atoms with E-state index >= 15 is 0 Å². The Balaban J connectivity index is -0.0000000910. The number of hydrogen-bond acceptors (Lipinski definition) is 2. The largest absolute Gasteiger partial charge is 1.00 e. The van der Waals surface area contributed by atoms with E-state index in [4.69, 9.17) is 9.90 Å². The van der Waals surface area contributed by atoms with Crippen LogP contribution in [0.25, 0.3) is 0 Å². The van der Waals surface area contributed by atoms with Crippen LogP contribution in [0.5, 0.6) is 0 Å². The normalized spacial score (nSPS) is 6.20. The molecule has 0 rings (SSSR count). The summed E-state index contributed by atoms with van der Waals surface area (Å²) in [6.45, 7) is 3.03. The first-order valence-electron chi connectivity index (χ1n) is 2.69. The third-order valence-electron chi connectivity index (χ3n) is 0.352. The first kappa shape index (κ1) is 16.5. The molecular formula is C6H11AgO3. The summed E-state index contributed by atoms with van der Waals surface area (Å²) >= 11 is 0. The van der Waals surface area contributed by atoms with Gasteiger partial charge in [-0.05, 0) is 0 Å². The van der Waals surface area contributed by atoms with Crippen molar-refractivity contribution in [1.82, 2.24) is 0 Å². The number of carbonyl (C=O) groups excluding carboxylic acids is 1. The van der Waals surface area contributed by atoms with Gasteiger partial charge in [0.15, 0.2) is 0 Å². The van der Waals surface area contributed by atoms with Crippen molar-refractivity contribution in [3.05, 3.63) is 0 Å². The molecule has 3 nitrogen and oxygen atoms in total. The number of carboxylic acids is 1. The maximum atomic E-state index is 9.28. The Morgan fingerprint density at radius 3 is 1.90 bits per heavy atom. The number of carboxylic acid groups (broad SMARTS) is 1. The third kappa shape index (κ3) is 106. The van der Waals surface area contributed by atoms with Gasteiger partial charge in [0.2, 0.25) is 0 Å². The molecule has 0 aromatic heterocycles. The predicted molar refractivity (Wildman–Crippen MR) is 33.9 cm³/mol. The first-order valence-corrected chi connectivity index (χ1v) is 2.69. The van der Waals surface area contributed by atoms with Gasteiger partial charge in [-0.25, -0.2) is 0 Å². The second-order valence-corrected chi connectivity index (χ2v) is 1.41. The molecule has 0 aliphatic rings. The molecule has 64 valence electrons. The summed E-state index contributed by atoms with van der Waals surface area (Å²) in [5.74, 6) is -0.833. The predicted octanol–water partition coefficient (Wildman–Crippen LogP) is 0.985. The van der Waals surface area contributed by atoms with Gasteiger partial charge < -0.3 is 9.90 Å². The van der Waals surface area contributed by atoms with E-state index in [2.05, 4.69) is 0 Å². The maximum Gasteiger partial charge on any atom is 1.00 e. The van der Waals surface area contributed by atoms with Crippen molar-refractivity contribution >= 4 is 12.3 Å². The smallest absolute Gasteiger partial charge is 0.542 e. The van der Waals surface area contributed by atoms with Crippen LogP contribution in [0, 0.1) is 0 Å². The van der Waals surface area contributed by atoms with Crippen LogP contribution in [-0.4, -0.2) is 17.4 Å². The number of hydrogen-bond donors (Lipinski definition) is 1. The van der Waals surface area contributed by atoms with Gasteiger partial charge in [0.1, 0.15) is 0 Å². The monoisotopic (exact) mass is 238 g/mol. The molecular weight excluding hydrogens is 228 g/mol. The minimum absolute atomic E-state index is 0. The molecule has 0 heterocycles. The fraction of sp³-hybridized carbons (Fsp3) is 0.667. The van der Waals surface area contributed by atoms with Crippen molar-refractivity contribution in [3.63, 3.8) is 0 Å². The summed E-state index contributed by atoms with van der Waals surface area (Å²) in [5.41, 5.74) is 0. The van der Waals surface area contributed by atoms with Crippen LogP contribution in [0.1, 0.15) is 26.7 Å². The Hall–Kier alpha value is -0.120. The Morgan fingerprint density at radius 2 is 1.90 bits per heavy atom. The van der Waals surface area contributed by atoms with Crippen molar-refractivity contribution in [3.8, 4) is 0 Å². The van der Waals surface area contributed by atoms with Crippen LogP contribution < -0.4 is 0 Å². The van der Waals surface area contributed by atoms with Gasteiger partial charge >= 0.3 is 22.4 Å². The van der Waals surface area contributed by atoms with Crippen LogP contribution >= 0.6 is 0 Å². The Morgan fingerprint density at radius 1 is 1.60 bits per heavy atom. The van der Waals surface area contributed by atoms with E-state index in [-0.39, 0.29) is 22.4 Å². The van der Waals surface area contributed by atoms with E-state index in [0.29, 0.717) is 6.42 Å². The molecule has 0 bridgehead atoms. The summed E-state index contributed by atoms with van der Waals surface area (Å²) in [5, 5.41) is 7.42. The van der Waals surface area contributed by atoms with Gasteiger partial charge in [0.05, 0.1) is 0 Å². The van der Waals surface area contributed by atoms with Crippen molar-refractivity contribution in [2.75, 3.05) is 0 Å². The molecule has 4 heteroatoms. The second kappa shape index (κ2) is 15.9. The molecule has 0 unspecified atom stereocenters. The van der Waals surface area contributed by atoms with Gasteiger partial charge in [-0.15, -0.1) is 0 Å². The third-order valence-corrected chi connectivity index (χ3v) is 0.352. The van der Waals surface area contributed by atoms with E-state index in [1.54, 1.807) is 6.29 Å². The molecule has 0 amide bonds. The zero-order chi connectivity index (χ0) is 7.70. The van der Waals surface area contributed by atoms with Gasteiger partial charge in [0, 0.05) is 6.92 Å². The van der Waals surface area contributed by atoms with Crippen LogP contribution in [0.3, 0.4) is 0 Å². The Labute approximate surface area is 76.3 Å². The van der Waals surface area contributed by atoms with Crippen molar-refractivity contribution in [2.45, 2.75) is 26.7 Å². The SMILES string of the molecule is CC(=O)O.CCC[C-]=O.[Ag+]. The summed E-state index contributed by atoms with van der Waals surface area (Å²) < 4.78 is 0. The van der Waals surface area contributed by atoms with Gasteiger partial charge in [-0.3, -0.25) is 11.1 Å². The van der Waals surface area contributed by atoms with E-state index in [1.165, 1.54) is 0 Å². The van der Waals surface area contributed by atoms with Crippen molar-refractivity contribution in [1.29, 1.82) is 0 Å². The van der Waals surface area contributed by atoms with Crippen molar-refractivity contribution in [2.24, 2.45) is 0 Å². The molecule has 0 aromatic carbocycles. The van der Waals surface area contributed by atoms with Crippen LogP contribution in [0.2, 0.25) is 0 Å². The number of rotatable bonds is 2. The van der Waals surface area contributed by atoms with Gasteiger partial charge in [0.25, 0.3) is 5.97 Å². The molecule has 0 saturated carbocycles. The molecule has 0 aliphatic carbocycles. The molecule has 10 heavy (non-hydrogen) atoms. The zero-order valence-electron chi connectivity index (χ0n) is 5.98. The summed E-state index contributed by atoms with van der Waals surface area (Å²) in [4.78, 5) is 18.3. The molecule has 0 atom stereocenters. The average Bonchev–Trinajstić information content (AvgIpc) is 1.66. The average molecular weight is 239 g/mol. The van der Waals surface area contributed by atoms with Crippen molar-refractivity contribution < 1.29 is 37.1 Å². The topological polar surface area (TPSA) is 54.4 Å². The van der Waals surface area contributed by atoms with Gasteiger partial charge in [-0.2, -0.15) is 6.42 Å². The van der Waals surface area contributed by atoms with E-state index in [0.717, 1.165) is 13.3 Å². The maximum absolute atomic E-state index is 9.28. The van der Waals surface area contributed by atoms with Gasteiger partial charge in [-0.1, -0.05) is 13.3 Å². The van der Waals surface area contributed by atoms with E-state index < -0.39 is 5.97 Å².